The highest BCUT2D eigenvalue weighted by Crippen LogP contribution is 2.13. The minimum Gasteiger partial charge on any atom is -0.489 e. The van der Waals surface area contributed by atoms with E-state index in [1.807, 2.05) is 6.92 Å². The van der Waals surface area contributed by atoms with Gasteiger partial charge >= 0.3 is 0 Å². The number of carbonyl (C=O) groups is 1. The first-order valence-corrected chi connectivity index (χ1v) is 7.06. The Hall–Kier alpha value is -1.62. The van der Waals surface area contributed by atoms with Crippen molar-refractivity contribution < 1.29 is 13.9 Å². The summed E-state index contributed by atoms with van der Waals surface area (Å²) in [6.07, 6.45) is 2.57. The zero-order chi connectivity index (χ0) is 14.4. The minimum atomic E-state index is -0.289. The number of hydrogen-bond donors (Lipinski definition) is 2. The van der Waals surface area contributed by atoms with Gasteiger partial charge in [0.1, 0.15) is 17.7 Å². The molecule has 4 nitrogen and oxygen atoms in total. The van der Waals surface area contributed by atoms with Crippen molar-refractivity contribution in [1.82, 2.24) is 10.6 Å². The molecule has 1 aromatic carbocycles. The van der Waals surface area contributed by atoms with Crippen LogP contribution in [0.3, 0.4) is 0 Å². The predicted molar refractivity (Wildman–Crippen MR) is 75.1 cm³/mol. The van der Waals surface area contributed by atoms with Gasteiger partial charge in [0, 0.05) is 12.5 Å². The van der Waals surface area contributed by atoms with Crippen molar-refractivity contribution in [3.63, 3.8) is 0 Å². The Kier molecular flexibility index (Phi) is 5.35. The van der Waals surface area contributed by atoms with Crippen LogP contribution in [0.5, 0.6) is 5.75 Å². The summed E-state index contributed by atoms with van der Waals surface area (Å²) in [6.45, 7) is 3.32. The molecule has 1 aromatic rings. The van der Waals surface area contributed by atoms with Gasteiger partial charge in [-0.15, -0.1) is 0 Å². The monoisotopic (exact) mass is 280 g/mol. The van der Waals surface area contributed by atoms with E-state index in [0.717, 1.165) is 19.4 Å². The summed E-state index contributed by atoms with van der Waals surface area (Å²) >= 11 is 0. The van der Waals surface area contributed by atoms with Crippen LogP contribution in [0.4, 0.5) is 4.39 Å². The Labute approximate surface area is 118 Å². The molecule has 0 aromatic heterocycles. The Balaban J connectivity index is 1.67. The minimum absolute atomic E-state index is 0.0407. The van der Waals surface area contributed by atoms with Gasteiger partial charge in [-0.1, -0.05) is 0 Å². The highest BCUT2D eigenvalue weighted by atomic mass is 19.1. The molecule has 1 saturated heterocycles. The molecule has 1 amide bonds. The third-order valence-corrected chi connectivity index (χ3v) is 3.33. The lowest BCUT2D eigenvalue weighted by molar-refractivity contribution is -0.121. The standard InChI is InChI=1S/C15H21FN2O2/c1-11(20-14-6-4-12(16)5-7-14)10-18-15(19)9-13-3-2-8-17-13/h4-7,11,13,17H,2-3,8-10H2,1H3,(H,18,19). The van der Waals surface area contributed by atoms with Gasteiger partial charge in [-0.05, 0) is 50.6 Å². The number of ether oxygens (including phenoxy) is 1. The topological polar surface area (TPSA) is 50.4 Å². The van der Waals surface area contributed by atoms with Crippen molar-refractivity contribution in [3.05, 3.63) is 30.1 Å². The van der Waals surface area contributed by atoms with Crippen molar-refractivity contribution in [2.75, 3.05) is 13.1 Å². The summed E-state index contributed by atoms with van der Waals surface area (Å²) in [7, 11) is 0. The molecule has 1 aliphatic rings. The number of hydrogen-bond acceptors (Lipinski definition) is 3. The number of carbonyl (C=O) groups excluding carboxylic acids is 1. The van der Waals surface area contributed by atoms with Gasteiger partial charge in [-0.2, -0.15) is 0 Å². The van der Waals surface area contributed by atoms with E-state index < -0.39 is 0 Å². The molecule has 1 heterocycles. The van der Waals surface area contributed by atoms with Crippen LogP contribution in [0.25, 0.3) is 0 Å². The summed E-state index contributed by atoms with van der Waals surface area (Å²) in [5.74, 6) is 0.354. The highest BCUT2D eigenvalue weighted by Gasteiger charge is 2.17. The third kappa shape index (κ3) is 4.81. The Morgan fingerprint density at radius 2 is 2.25 bits per heavy atom. The van der Waals surface area contributed by atoms with Crippen LogP contribution >= 0.6 is 0 Å². The van der Waals surface area contributed by atoms with Crippen LogP contribution in [0.15, 0.2) is 24.3 Å². The fourth-order valence-electron chi connectivity index (χ4n) is 2.27. The molecule has 1 aliphatic heterocycles. The molecule has 0 radical (unpaired) electrons. The Morgan fingerprint density at radius 1 is 1.50 bits per heavy atom. The van der Waals surface area contributed by atoms with Crippen molar-refractivity contribution in [2.45, 2.75) is 38.3 Å². The summed E-state index contributed by atoms with van der Waals surface area (Å²) in [4.78, 5) is 11.7. The van der Waals surface area contributed by atoms with Crippen LogP contribution in [-0.2, 0) is 4.79 Å². The van der Waals surface area contributed by atoms with E-state index in [9.17, 15) is 9.18 Å². The van der Waals surface area contributed by atoms with Gasteiger partial charge < -0.3 is 15.4 Å². The van der Waals surface area contributed by atoms with Gasteiger partial charge in [0.2, 0.25) is 5.91 Å². The molecule has 2 unspecified atom stereocenters. The molecule has 2 rings (SSSR count). The number of rotatable bonds is 6. The van der Waals surface area contributed by atoms with E-state index in [2.05, 4.69) is 10.6 Å². The SMILES string of the molecule is CC(CNC(=O)CC1CCCN1)Oc1ccc(F)cc1. The first kappa shape index (κ1) is 14.8. The smallest absolute Gasteiger partial charge is 0.221 e. The largest absolute Gasteiger partial charge is 0.489 e. The first-order valence-electron chi connectivity index (χ1n) is 7.06. The fraction of sp³-hybridized carbons (Fsp3) is 0.533. The van der Waals surface area contributed by atoms with Crippen LogP contribution in [-0.4, -0.2) is 31.1 Å². The molecule has 0 spiro atoms. The summed E-state index contributed by atoms with van der Waals surface area (Å²) < 4.78 is 18.3. The molecule has 0 bridgehead atoms. The normalized spacial score (nSPS) is 19.6. The second-order valence-electron chi connectivity index (χ2n) is 5.18. The highest BCUT2D eigenvalue weighted by molar-refractivity contribution is 5.76. The van der Waals surface area contributed by atoms with Crippen molar-refractivity contribution >= 4 is 5.91 Å². The number of nitrogens with one attached hydrogen (secondary N) is 2. The lowest BCUT2D eigenvalue weighted by Gasteiger charge is -2.16. The molecule has 20 heavy (non-hydrogen) atoms. The second-order valence-corrected chi connectivity index (χ2v) is 5.18. The average Bonchev–Trinajstić information content (AvgIpc) is 2.92. The second kappa shape index (κ2) is 7.24. The molecule has 5 heteroatoms. The van der Waals surface area contributed by atoms with Crippen molar-refractivity contribution in [3.8, 4) is 5.75 Å². The van der Waals surface area contributed by atoms with Crippen molar-refractivity contribution in [2.24, 2.45) is 0 Å². The van der Waals surface area contributed by atoms with E-state index in [1.165, 1.54) is 12.1 Å². The molecular formula is C15H21FN2O2. The quantitative estimate of drug-likeness (QED) is 0.836. The van der Waals surface area contributed by atoms with E-state index in [0.29, 0.717) is 24.8 Å². The predicted octanol–water partition coefficient (Wildman–Crippen LogP) is 1.85. The van der Waals surface area contributed by atoms with Crippen molar-refractivity contribution in [1.29, 1.82) is 0 Å². The number of halogens is 1. The van der Waals surface area contributed by atoms with Gasteiger partial charge in [0.25, 0.3) is 0 Å². The van der Waals surface area contributed by atoms with Gasteiger partial charge in [0.15, 0.2) is 0 Å². The first-order chi connectivity index (χ1) is 9.63. The molecular weight excluding hydrogens is 259 g/mol. The van der Waals surface area contributed by atoms with Crippen LogP contribution in [0, 0.1) is 5.82 Å². The Morgan fingerprint density at radius 3 is 2.90 bits per heavy atom. The lowest BCUT2D eigenvalue weighted by Crippen LogP contribution is -2.37. The summed E-state index contributed by atoms with van der Waals surface area (Å²) in [5, 5.41) is 6.16. The molecule has 2 N–H and O–H groups in total. The van der Waals surface area contributed by atoms with Gasteiger partial charge in [-0.25, -0.2) is 4.39 Å². The zero-order valence-corrected chi connectivity index (χ0v) is 11.7. The van der Waals surface area contributed by atoms with E-state index in [-0.39, 0.29) is 17.8 Å². The summed E-state index contributed by atoms with van der Waals surface area (Å²) in [5.41, 5.74) is 0. The average molecular weight is 280 g/mol. The van der Waals surface area contributed by atoms with E-state index in [1.54, 1.807) is 12.1 Å². The number of benzene rings is 1. The van der Waals surface area contributed by atoms with E-state index in [4.69, 9.17) is 4.74 Å². The third-order valence-electron chi connectivity index (χ3n) is 3.33. The Bertz CT molecular complexity index is 430. The zero-order valence-electron chi connectivity index (χ0n) is 11.7. The molecule has 2 atom stereocenters. The lowest BCUT2D eigenvalue weighted by atomic mass is 10.1. The number of amides is 1. The molecule has 110 valence electrons. The van der Waals surface area contributed by atoms with Crippen LogP contribution in [0.1, 0.15) is 26.2 Å². The fourth-order valence-corrected chi connectivity index (χ4v) is 2.27. The van der Waals surface area contributed by atoms with Gasteiger partial charge in [0.05, 0.1) is 6.54 Å². The van der Waals surface area contributed by atoms with Crippen LogP contribution < -0.4 is 15.4 Å². The van der Waals surface area contributed by atoms with E-state index >= 15 is 0 Å². The maximum Gasteiger partial charge on any atom is 0.221 e. The molecule has 1 fully saturated rings. The molecule has 0 aliphatic carbocycles. The summed E-state index contributed by atoms with van der Waals surface area (Å²) in [6, 6.07) is 6.17. The van der Waals surface area contributed by atoms with Gasteiger partial charge in [-0.3, -0.25) is 4.79 Å². The maximum atomic E-state index is 12.8. The maximum absolute atomic E-state index is 12.8. The molecule has 0 saturated carbocycles. The van der Waals surface area contributed by atoms with Crippen LogP contribution in [0.2, 0.25) is 0 Å².